The van der Waals surface area contributed by atoms with Crippen LogP contribution in [-0.4, -0.2) is 44.3 Å². The fourth-order valence-electron chi connectivity index (χ4n) is 2.91. The number of rotatable bonds is 3. The number of hydrogen-bond donors (Lipinski definition) is 1. The Balaban J connectivity index is 1.67. The number of ether oxygens (including phenoxy) is 1. The third-order valence-electron chi connectivity index (χ3n) is 4.05. The minimum Gasteiger partial charge on any atom is -0.381 e. The van der Waals surface area contributed by atoms with Crippen molar-refractivity contribution in [2.75, 3.05) is 39.4 Å². The molecule has 3 rings (SSSR count). The molecule has 1 unspecified atom stereocenters. The Morgan fingerprint density at radius 3 is 2.84 bits per heavy atom. The maximum absolute atomic E-state index is 6.44. The summed E-state index contributed by atoms with van der Waals surface area (Å²) in [6.45, 7) is 7.10. The van der Waals surface area contributed by atoms with E-state index in [1.807, 2.05) is 0 Å². The Kier molecular flexibility index (Phi) is 4.38. The maximum atomic E-state index is 6.44. The predicted octanol–water partition coefficient (Wildman–Crippen LogP) is 2.25. The molecule has 0 bridgehead atoms. The molecule has 1 aromatic carbocycles. The van der Waals surface area contributed by atoms with Crippen molar-refractivity contribution in [3.8, 4) is 0 Å². The van der Waals surface area contributed by atoms with E-state index in [-0.39, 0.29) is 0 Å². The zero-order chi connectivity index (χ0) is 13.1. The van der Waals surface area contributed by atoms with Crippen LogP contribution in [0.4, 0.5) is 0 Å². The largest absolute Gasteiger partial charge is 0.381 e. The smallest absolute Gasteiger partial charge is 0.0536 e. The lowest BCUT2D eigenvalue weighted by Crippen LogP contribution is -2.42. The zero-order valence-electron chi connectivity index (χ0n) is 11.2. The Morgan fingerprint density at radius 1 is 1.32 bits per heavy atom. The first-order valence-electron chi connectivity index (χ1n) is 7.12. The van der Waals surface area contributed by atoms with Gasteiger partial charge in [0.15, 0.2) is 0 Å². The monoisotopic (exact) mass is 280 g/mol. The lowest BCUT2D eigenvalue weighted by atomic mass is 9.97. The third-order valence-corrected chi connectivity index (χ3v) is 4.38. The van der Waals surface area contributed by atoms with Gasteiger partial charge in [-0.15, -0.1) is 0 Å². The minimum atomic E-state index is 0.487. The third kappa shape index (κ3) is 3.29. The van der Waals surface area contributed by atoms with Crippen LogP contribution in [0.15, 0.2) is 18.2 Å². The molecular formula is C15H21ClN2O. The molecule has 0 aromatic heterocycles. The van der Waals surface area contributed by atoms with Crippen molar-refractivity contribution in [3.63, 3.8) is 0 Å². The molecule has 1 aromatic rings. The number of piperazine rings is 1. The van der Waals surface area contributed by atoms with E-state index in [1.54, 1.807) is 0 Å². The molecule has 2 aliphatic heterocycles. The summed E-state index contributed by atoms with van der Waals surface area (Å²) in [5.41, 5.74) is 2.57. The Morgan fingerprint density at radius 2 is 2.16 bits per heavy atom. The molecule has 0 spiro atoms. The summed E-state index contributed by atoms with van der Waals surface area (Å²) < 4.78 is 5.44. The van der Waals surface area contributed by atoms with Gasteiger partial charge in [0.25, 0.3) is 0 Å². The topological polar surface area (TPSA) is 24.5 Å². The van der Waals surface area contributed by atoms with E-state index in [9.17, 15) is 0 Å². The van der Waals surface area contributed by atoms with Gasteiger partial charge in [-0.3, -0.25) is 4.90 Å². The quantitative estimate of drug-likeness (QED) is 0.919. The molecule has 2 heterocycles. The molecule has 2 aliphatic rings. The van der Waals surface area contributed by atoms with Gasteiger partial charge in [0.1, 0.15) is 0 Å². The first-order chi connectivity index (χ1) is 9.33. The zero-order valence-corrected chi connectivity index (χ0v) is 12.0. The molecule has 1 N–H and O–H groups in total. The van der Waals surface area contributed by atoms with Gasteiger partial charge in [-0.05, 0) is 23.6 Å². The van der Waals surface area contributed by atoms with Crippen LogP contribution >= 0.6 is 11.6 Å². The summed E-state index contributed by atoms with van der Waals surface area (Å²) in [5.74, 6) is 0.487. The normalized spacial score (nSPS) is 24.8. The lowest BCUT2D eigenvalue weighted by molar-refractivity contribution is 0.194. The van der Waals surface area contributed by atoms with E-state index < -0.39 is 0 Å². The molecule has 0 saturated carbocycles. The fourth-order valence-corrected chi connectivity index (χ4v) is 3.26. The second kappa shape index (κ2) is 6.23. The molecule has 2 saturated heterocycles. The first-order valence-corrected chi connectivity index (χ1v) is 7.50. The van der Waals surface area contributed by atoms with Crippen molar-refractivity contribution in [1.29, 1.82) is 0 Å². The fraction of sp³-hybridized carbons (Fsp3) is 0.600. The Bertz CT molecular complexity index is 426. The summed E-state index contributed by atoms with van der Waals surface area (Å²) in [6, 6.07) is 6.55. The van der Waals surface area contributed by atoms with Crippen molar-refractivity contribution in [1.82, 2.24) is 10.2 Å². The summed E-state index contributed by atoms with van der Waals surface area (Å²) >= 11 is 6.44. The molecule has 0 amide bonds. The Hall–Kier alpha value is -0.610. The van der Waals surface area contributed by atoms with Gasteiger partial charge in [0, 0.05) is 50.3 Å². The molecule has 19 heavy (non-hydrogen) atoms. The van der Waals surface area contributed by atoms with Crippen molar-refractivity contribution >= 4 is 11.6 Å². The highest BCUT2D eigenvalue weighted by molar-refractivity contribution is 6.31. The van der Waals surface area contributed by atoms with Gasteiger partial charge in [0.05, 0.1) is 6.61 Å². The van der Waals surface area contributed by atoms with E-state index in [0.29, 0.717) is 5.92 Å². The predicted molar refractivity (Wildman–Crippen MR) is 77.8 cm³/mol. The summed E-state index contributed by atoms with van der Waals surface area (Å²) in [7, 11) is 0. The molecule has 0 radical (unpaired) electrons. The number of benzene rings is 1. The van der Waals surface area contributed by atoms with E-state index >= 15 is 0 Å². The summed E-state index contributed by atoms with van der Waals surface area (Å²) in [4.78, 5) is 2.47. The van der Waals surface area contributed by atoms with Crippen LogP contribution in [0, 0.1) is 0 Å². The Labute approximate surface area is 119 Å². The number of halogens is 1. The SMILES string of the molecule is Clc1cc(CN2CCNCC2)ccc1C1CCOC1. The molecule has 3 nitrogen and oxygen atoms in total. The molecule has 1 atom stereocenters. The highest BCUT2D eigenvalue weighted by Gasteiger charge is 2.20. The van der Waals surface area contributed by atoms with E-state index in [2.05, 4.69) is 28.4 Å². The van der Waals surface area contributed by atoms with Gasteiger partial charge < -0.3 is 10.1 Å². The van der Waals surface area contributed by atoms with Crippen LogP contribution in [0.25, 0.3) is 0 Å². The highest BCUT2D eigenvalue weighted by Crippen LogP contribution is 2.31. The van der Waals surface area contributed by atoms with Gasteiger partial charge in [-0.1, -0.05) is 23.7 Å². The molecular weight excluding hydrogens is 260 g/mol. The molecule has 4 heteroatoms. The lowest BCUT2D eigenvalue weighted by Gasteiger charge is -2.27. The average molecular weight is 281 g/mol. The minimum absolute atomic E-state index is 0.487. The summed E-state index contributed by atoms with van der Waals surface area (Å²) in [6.07, 6.45) is 1.09. The van der Waals surface area contributed by atoms with E-state index in [0.717, 1.165) is 57.4 Å². The number of nitrogens with zero attached hydrogens (tertiary/aromatic N) is 1. The van der Waals surface area contributed by atoms with Gasteiger partial charge in [-0.2, -0.15) is 0 Å². The van der Waals surface area contributed by atoms with Crippen LogP contribution in [-0.2, 0) is 11.3 Å². The van der Waals surface area contributed by atoms with Crippen LogP contribution in [0.3, 0.4) is 0 Å². The summed E-state index contributed by atoms with van der Waals surface area (Å²) in [5, 5.41) is 4.28. The highest BCUT2D eigenvalue weighted by atomic mass is 35.5. The molecule has 104 valence electrons. The number of hydrogen-bond acceptors (Lipinski definition) is 3. The maximum Gasteiger partial charge on any atom is 0.0536 e. The number of nitrogens with one attached hydrogen (secondary N) is 1. The second-order valence-corrected chi connectivity index (χ2v) is 5.85. The van der Waals surface area contributed by atoms with Crippen molar-refractivity contribution < 1.29 is 4.74 Å². The second-order valence-electron chi connectivity index (χ2n) is 5.44. The van der Waals surface area contributed by atoms with Crippen LogP contribution < -0.4 is 5.32 Å². The van der Waals surface area contributed by atoms with Gasteiger partial charge >= 0.3 is 0 Å². The van der Waals surface area contributed by atoms with Crippen molar-refractivity contribution in [3.05, 3.63) is 34.3 Å². The van der Waals surface area contributed by atoms with E-state index in [4.69, 9.17) is 16.3 Å². The van der Waals surface area contributed by atoms with Crippen molar-refractivity contribution in [2.24, 2.45) is 0 Å². The van der Waals surface area contributed by atoms with Crippen molar-refractivity contribution in [2.45, 2.75) is 18.9 Å². The van der Waals surface area contributed by atoms with E-state index in [1.165, 1.54) is 11.1 Å². The average Bonchev–Trinajstić information content (AvgIpc) is 2.94. The first kappa shape index (κ1) is 13.4. The van der Waals surface area contributed by atoms with Crippen LogP contribution in [0.5, 0.6) is 0 Å². The molecule has 2 fully saturated rings. The standard InChI is InChI=1S/C15H21ClN2O/c16-15-9-12(10-18-6-4-17-5-7-18)1-2-14(15)13-3-8-19-11-13/h1-2,9,13,17H,3-8,10-11H2. The van der Waals surface area contributed by atoms with Gasteiger partial charge in [0.2, 0.25) is 0 Å². The molecule has 0 aliphatic carbocycles. The van der Waals surface area contributed by atoms with Crippen LogP contribution in [0.2, 0.25) is 5.02 Å². The van der Waals surface area contributed by atoms with Crippen LogP contribution in [0.1, 0.15) is 23.5 Å². The van der Waals surface area contributed by atoms with Gasteiger partial charge in [-0.25, -0.2) is 0 Å².